The highest BCUT2D eigenvalue weighted by molar-refractivity contribution is 5.77. The lowest BCUT2D eigenvalue weighted by molar-refractivity contribution is -0.120. The number of nitrogens with zero attached hydrogens (tertiary/aromatic N) is 1. The molecular formula is C10H18N4O. The molecule has 3 N–H and O–H groups in total. The van der Waals surface area contributed by atoms with Crippen molar-refractivity contribution >= 4 is 5.91 Å². The largest absolute Gasteiger partial charge is 0.355 e. The van der Waals surface area contributed by atoms with E-state index in [1.54, 1.807) is 7.05 Å². The maximum absolute atomic E-state index is 11.1. The molecule has 5 heteroatoms. The Morgan fingerprint density at radius 2 is 2.40 bits per heavy atom. The molecular weight excluding hydrogens is 192 g/mol. The zero-order chi connectivity index (χ0) is 11.1. The molecule has 15 heavy (non-hydrogen) atoms. The Morgan fingerprint density at radius 1 is 1.60 bits per heavy atom. The second-order valence-electron chi connectivity index (χ2n) is 3.50. The standard InChI is InChI=1S/C10H18N4O/c1-8-9(6-13-14-8)4-3-5-12-10(15)7-11-2/h6,11H,3-5,7H2,1-2H3,(H,12,15)(H,13,14). The third-order valence-electron chi connectivity index (χ3n) is 2.22. The monoisotopic (exact) mass is 210 g/mol. The van der Waals surface area contributed by atoms with Gasteiger partial charge >= 0.3 is 0 Å². The maximum Gasteiger partial charge on any atom is 0.233 e. The second kappa shape index (κ2) is 6.19. The van der Waals surface area contributed by atoms with Gasteiger partial charge < -0.3 is 10.6 Å². The van der Waals surface area contributed by atoms with Crippen LogP contribution in [-0.2, 0) is 11.2 Å². The molecule has 1 heterocycles. The lowest BCUT2D eigenvalue weighted by Gasteiger charge is -2.03. The number of hydrogen-bond donors (Lipinski definition) is 3. The number of aryl methyl sites for hydroxylation is 2. The lowest BCUT2D eigenvalue weighted by Crippen LogP contribution is -2.32. The molecule has 84 valence electrons. The van der Waals surface area contributed by atoms with Crippen LogP contribution in [0.25, 0.3) is 0 Å². The normalized spacial score (nSPS) is 10.3. The highest BCUT2D eigenvalue weighted by Crippen LogP contribution is 2.04. The number of carbonyl (C=O) groups excluding carboxylic acids is 1. The van der Waals surface area contributed by atoms with E-state index in [9.17, 15) is 4.79 Å². The molecule has 0 aromatic carbocycles. The number of nitrogens with one attached hydrogen (secondary N) is 3. The molecule has 1 aromatic heterocycles. The van der Waals surface area contributed by atoms with Gasteiger partial charge in [-0.25, -0.2) is 0 Å². The molecule has 0 spiro atoms. The highest BCUT2D eigenvalue weighted by atomic mass is 16.1. The number of rotatable bonds is 6. The Bertz CT molecular complexity index is 308. The van der Waals surface area contributed by atoms with E-state index in [1.807, 2.05) is 13.1 Å². The summed E-state index contributed by atoms with van der Waals surface area (Å²) in [6.45, 7) is 3.10. The predicted octanol–water partition coefficient (Wildman–Crippen LogP) is -0.0137. The fourth-order valence-electron chi connectivity index (χ4n) is 1.36. The van der Waals surface area contributed by atoms with Crippen LogP contribution in [0.2, 0.25) is 0 Å². The minimum absolute atomic E-state index is 0.0430. The molecule has 0 atom stereocenters. The number of carbonyl (C=O) groups is 1. The number of amides is 1. The van der Waals surface area contributed by atoms with Gasteiger partial charge in [-0.05, 0) is 32.4 Å². The van der Waals surface area contributed by atoms with Crippen molar-refractivity contribution in [2.75, 3.05) is 20.1 Å². The average molecular weight is 210 g/mol. The number of aromatic amines is 1. The number of hydrogen-bond acceptors (Lipinski definition) is 3. The first-order valence-corrected chi connectivity index (χ1v) is 5.14. The molecule has 0 aliphatic carbocycles. The van der Waals surface area contributed by atoms with Crippen LogP contribution < -0.4 is 10.6 Å². The van der Waals surface area contributed by atoms with Crippen LogP contribution in [0.1, 0.15) is 17.7 Å². The van der Waals surface area contributed by atoms with Gasteiger partial charge in [0, 0.05) is 12.2 Å². The minimum Gasteiger partial charge on any atom is -0.355 e. The third kappa shape index (κ3) is 4.12. The molecule has 0 aliphatic rings. The molecule has 0 fully saturated rings. The van der Waals surface area contributed by atoms with E-state index in [4.69, 9.17) is 0 Å². The van der Waals surface area contributed by atoms with Crippen LogP contribution in [0.15, 0.2) is 6.20 Å². The van der Waals surface area contributed by atoms with Gasteiger partial charge in [-0.3, -0.25) is 9.89 Å². The highest BCUT2D eigenvalue weighted by Gasteiger charge is 2.01. The zero-order valence-electron chi connectivity index (χ0n) is 9.26. The summed E-state index contributed by atoms with van der Waals surface area (Å²) in [6.07, 6.45) is 3.72. The lowest BCUT2D eigenvalue weighted by atomic mass is 10.1. The molecule has 0 unspecified atom stereocenters. The van der Waals surface area contributed by atoms with Gasteiger partial charge in [0.1, 0.15) is 0 Å². The molecule has 0 aliphatic heterocycles. The predicted molar refractivity (Wildman–Crippen MR) is 58.6 cm³/mol. The first-order chi connectivity index (χ1) is 7.24. The van der Waals surface area contributed by atoms with Crippen molar-refractivity contribution in [2.45, 2.75) is 19.8 Å². The summed E-state index contributed by atoms with van der Waals surface area (Å²) in [5.74, 6) is 0.0430. The van der Waals surface area contributed by atoms with Crippen molar-refractivity contribution in [1.29, 1.82) is 0 Å². The summed E-state index contributed by atoms with van der Waals surface area (Å²) in [6, 6.07) is 0. The van der Waals surface area contributed by atoms with Crippen LogP contribution >= 0.6 is 0 Å². The molecule has 0 radical (unpaired) electrons. The fourth-order valence-corrected chi connectivity index (χ4v) is 1.36. The summed E-state index contributed by atoms with van der Waals surface area (Å²) < 4.78 is 0. The number of H-pyrrole nitrogens is 1. The van der Waals surface area contributed by atoms with E-state index < -0.39 is 0 Å². The summed E-state index contributed by atoms with van der Waals surface area (Å²) >= 11 is 0. The summed E-state index contributed by atoms with van der Waals surface area (Å²) in [7, 11) is 1.76. The van der Waals surface area contributed by atoms with Gasteiger partial charge in [0.05, 0.1) is 12.7 Å². The van der Waals surface area contributed by atoms with Gasteiger partial charge in [0.15, 0.2) is 0 Å². The van der Waals surface area contributed by atoms with Crippen molar-refractivity contribution in [3.8, 4) is 0 Å². The van der Waals surface area contributed by atoms with Gasteiger partial charge in [-0.15, -0.1) is 0 Å². The fraction of sp³-hybridized carbons (Fsp3) is 0.600. The Balaban J connectivity index is 2.12. The second-order valence-corrected chi connectivity index (χ2v) is 3.50. The quantitative estimate of drug-likeness (QED) is 0.578. The molecule has 0 saturated carbocycles. The smallest absolute Gasteiger partial charge is 0.233 e. The Morgan fingerprint density at radius 3 is 3.00 bits per heavy atom. The van der Waals surface area contributed by atoms with Gasteiger partial charge in [-0.2, -0.15) is 5.10 Å². The molecule has 1 aromatic rings. The average Bonchev–Trinajstić information content (AvgIpc) is 2.60. The van der Waals surface area contributed by atoms with E-state index in [0.29, 0.717) is 13.1 Å². The van der Waals surface area contributed by atoms with Gasteiger partial charge in [-0.1, -0.05) is 0 Å². The Labute approximate surface area is 89.6 Å². The first kappa shape index (κ1) is 11.7. The Kier molecular flexibility index (Phi) is 4.83. The van der Waals surface area contributed by atoms with E-state index >= 15 is 0 Å². The van der Waals surface area contributed by atoms with Crippen LogP contribution in [0.4, 0.5) is 0 Å². The van der Waals surface area contributed by atoms with Crippen molar-refractivity contribution in [3.63, 3.8) is 0 Å². The van der Waals surface area contributed by atoms with Crippen molar-refractivity contribution in [3.05, 3.63) is 17.5 Å². The zero-order valence-corrected chi connectivity index (χ0v) is 9.26. The topological polar surface area (TPSA) is 69.8 Å². The summed E-state index contributed by atoms with van der Waals surface area (Å²) in [4.78, 5) is 11.1. The summed E-state index contributed by atoms with van der Waals surface area (Å²) in [5, 5.41) is 12.5. The van der Waals surface area contributed by atoms with Gasteiger partial charge in [0.25, 0.3) is 0 Å². The third-order valence-corrected chi connectivity index (χ3v) is 2.22. The number of likely N-dealkylation sites (N-methyl/N-ethyl adjacent to an activating group) is 1. The first-order valence-electron chi connectivity index (χ1n) is 5.14. The van der Waals surface area contributed by atoms with Crippen LogP contribution in [0.3, 0.4) is 0 Å². The molecule has 1 rings (SSSR count). The van der Waals surface area contributed by atoms with E-state index in [1.165, 1.54) is 5.56 Å². The molecule has 0 bridgehead atoms. The van der Waals surface area contributed by atoms with Gasteiger partial charge in [0.2, 0.25) is 5.91 Å². The summed E-state index contributed by atoms with van der Waals surface area (Å²) in [5.41, 5.74) is 2.33. The van der Waals surface area contributed by atoms with Crippen molar-refractivity contribution < 1.29 is 4.79 Å². The van der Waals surface area contributed by atoms with E-state index in [0.717, 1.165) is 18.5 Å². The molecule has 5 nitrogen and oxygen atoms in total. The van der Waals surface area contributed by atoms with Crippen molar-refractivity contribution in [1.82, 2.24) is 20.8 Å². The molecule has 1 amide bonds. The van der Waals surface area contributed by atoms with E-state index in [2.05, 4.69) is 20.8 Å². The maximum atomic E-state index is 11.1. The number of aromatic nitrogens is 2. The molecule has 0 saturated heterocycles. The van der Waals surface area contributed by atoms with Crippen molar-refractivity contribution in [2.24, 2.45) is 0 Å². The SMILES string of the molecule is CNCC(=O)NCCCc1cn[nH]c1C. The Hall–Kier alpha value is -1.36. The minimum atomic E-state index is 0.0430. The van der Waals surface area contributed by atoms with Crippen LogP contribution in [-0.4, -0.2) is 36.2 Å². The van der Waals surface area contributed by atoms with E-state index in [-0.39, 0.29) is 5.91 Å². The van der Waals surface area contributed by atoms with Crippen LogP contribution in [0.5, 0.6) is 0 Å². The van der Waals surface area contributed by atoms with Crippen LogP contribution in [0, 0.1) is 6.92 Å².